The van der Waals surface area contributed by atoms with Gasteiger partial charge < -0.3 is 19.4 Å². The summed E-state index contributed by atoms with van der Waals surface area (Å²) in [4.78, 5) is 10.6. The number of hydrogen-bond acceptors (Lipinski definition) is 4. The van der Waals surface area contributed by atoms with E-state index < -0.39 is 5.97 Å². The van der Waals surface area contributed by atoms with Gasteiger partial charge in [-0.15, -0.1) is 0 Å². The maximum atomic E-state index is 10.6. The van der Waals surface area contributed by atoms with E-state index in [1.807, 2.05) is 0 Å². The summed E-state index contributed by atoms with van der Waals surface area (Å²) in [5.74, 6) is -0.510. The first kappa shape index (κ1) is 7.91. The van der Waals surface area contributed by atoms with Crippen LogP contribution in [-0.2, 0) is 0 Å². The topological polar surface area (TPSA) is 58.6 Å². The highest BCUT2D eigenvalue weighted by Crippen LogP contribution is 2.32. The van der Waals surface area contributed by atoms with E-state index in [0.29, 0.717) is 19.0 Å². The molecule has 1 aliphatic rings. The third-order valence-corrected chi connectivity index (χ3v) is 1.79. The molecule has 0 aliphatic carbocycles. The largest absolute Gasteiger partial charge is 0.545 e. The van der Waals surface area contributed by atoms with Gasteiger partial charge in [-0.25, -0.2) is 0 Å². The minimum atomic E-state index is -1.25. The summed E-state index contributed by atoms with van der Waals surface area (Å²) in [5.41, 5.74) is 0.0391. The summed E-state index contributed by atoms with van der Waals surface area (Å²) < 4.78 is 10.4. The second kappa shape index (κ2) is 2.97. The van der Waals surface area contributed by atoms with Crippen LogP contribution >= 0.6 is 0 Å². The number of rotatable bonds is 1. The fourth-order valence-electron chi connectivity index (χ4n) is 1.23. The molecule has 0 saturated heterocycles. The molecule has 4 heteroatoms. The Bertz CT molecular complexity index is 345. The van der Waals surface area contributed by atoms with Crippen molar-refractivity contribution in [2.24, 2.45) is 0 Å². The number of hydrogen-bond donors (Lipinski definition) is 0. The molecule has 13 heavy (non-hydrogen) atoms. The fraction of sp³-hybridized carbons (Fsp3) is 0.222. The molecule has 1 aliphatic heterocycles. The predicted molar refractivity (Wildman–Crippen MR) is 41.8 cm³/mol. The molecule has 0 radical (unpaired) electrons. The van der Waals surface area contributed by atoms with E-state index in [1.165, 1.54) is 6.07 Å². The minimum absolute atomic E-state index is 0.0391. The Hall–Kier alpha value is -1.71. The lowest BCUT2D eigenvalue weighted by molar-refractivity contribution is -0.255. The Morgan fingerprint density at radius 3 is 2.85 bits per heavy atom. The van der Waals surface area contributed by atoms with Gasteiger partial charge in [0.2, 0.25) is 0 Å². The normalized spacial score (nSPS) is 13.8. The van der Waals surface area contributed by atoms with Gasteiger partial charge in [0.25, 0.3) is 0 Å². The standard InChI is InChI=1S/C9H8O4/c10-9(11)6-2-1-3-7-8(6)13-5-4-12-7/h1-3H,4-5H2,(H,10,11)/p-1. The van der Waals surface area contributed by atoms with Crippen LogP contribution in [-0.4, -0.2) is 19.2 Å². The van der Waals surface area contributed by atoms with Crippen molar-refractivity contribution in [2.75, 3.05) is 13.2 Å². The van der Waals surface area contributed by atoms with Crippen LogP contribution in [0.15, 0.2) is 18.2 Å². The molecule has 0 N–H and O–H groups in total. The zero-order valence-corrected chi connectivity index (χ0v) is 6.78. The first-order valence-electron chi connectivity index (χ1n) is 3.89. The molecule has 0 bridgehead atoms. The summed E-state index contributed by atoms with van der Waals surface area (Å²) in [5, 5.41) is 10.6. The fourth-order valence-corrected chi connectivity index (χ4v) is 1.23. The van der Waals surface area contributed by atoms with Crippen molar-refractivity contribution in [3.8, 4) is 11.5 Å². The number of carboxylic acid groups (broad SMARTS) is 1. The quantitative estimate of drug-likeness (QED) is 0.600. The second-order valence-corrected chi connectivity index (χ2v) is 2.62. The van der Waals surface area contributed by atoms with Crippen LogP contribution in [0.2, 0.25) is 0 Å². The number of para-hydroxylation sites is 1. The van der Waals surface area contributed by atoms with Crippen LogP contribution in [0.5, 0.6) is 11.5 Å². The van der Waals surface area contributed by atoms with Crippen LogP contribution in [0.25, 0.3) is 0 Å². The number of carboxylic acids is 1. The van der Waals surface area contributed by atoms with E-state index in [1.54, 1.807) is 12.1 Å². The number of aromatic carboxylic acids is 1. The second-order valence-electron chi connectivity index (χ2n) is 2.62. The van der Waals surface area contributed by atoms with Gasteiger partial charge in [0.15, 0.2) is 11.5 Å². The van der Waals surface area contributed by atoms with E-state index in [2.05, 4.69) is 0 Å². The van der Waals surface area contributed by atoms with Crippen molar-refractivity contribution >= 4 is 5.97 Å². The Labute approximate surface area is 74.7 Å². The monoisotopic (exact) mass is 179 g/mol. The predicted octanol–water partition coefficient (Wildman–Crippen LogP) is -0.179. The highest BCUT2D eigenvalue weighted by atomic mass is 16.6. The highest BCUT2D eigenvalue weighted by Gasteiger charge is 2.15. The first-order chi connectivity index (χ1) is 6.29. The maximum absolute atomic E-state index is 10.6. The Morgan fingerprint density at radius 2 is 2.08 bits per heavy atom. The number of carbonyl (C=O) groups is 1. The van der Waals surface area contributed by atoms with Crippen LogP contribution < -0.4 is 14.6 Å². The molecule has 1 heterocycles. The summed E-state index contributed by atoms with van der Waals surface area (Å²) in [7, 11) is 0. The molecule has 0 aromatic heterocycles. The molecule has 1 aromatic rings. The molecule has 0 atom stereocenters. The summed E-state index contributed by atoms with van der Waals surface area (Å²) in [6.45, 7) is 0.820. The lowest BCUT2D eigenvalue weighted by Gasteiger charge is -2.20. The van der Waals surface area contributed by atoms with Crippen molar-refractivity contribution in [1.82, 2.24) is 0 Å². The van der Waals surface area contributed by atoms with E-state index in [9.17, 15) is 9.90 Å². The van der Waals surface area contributed by atoms with Gasteiger partial charge in [-0.2, -0.15) is 0 Å². The smallest absolute Gasteiger partial charge is 0.170 e. The van der Waals surface area contributed by atoms with Crippen molar-refractivity contribution in [3.05, 3.63) is 23.8 Å². The van der Waals surface area contributed by atoms with Crippen molar-refractivity contribution in [1.29, 1.82) is 0 Å². The molecular weight excluding hydrogens is 172 g/mol. The van der Waals surface area contributed by atoms with Crippen LogP contribution in [0.3, 0.4) is 0 Å². The lowest BCUT2D eigenvalue weighted by atomic mass is 10.2. The molecule has 0 unspecified atom stereocenters. The number of carbonyl (C=O) groups excluding carboxylic acids is 1. The zero-order chi connectivity index (χ0) is 9.26. The molecule has 0 amide bonds. The van der Waals surface area contributed by atoms with Crippen molar-refractivity contribution in [2.45, 2.75) is 0 Å². The Kier molecular flexibility index (Phi) is 1.81. The molecule has 0 fully saturated rings. The summed E-state index contributed by atoms with van der Waals surface area (Å²) in [6, 6.07) is 4.70. The van der Waals surface area contributed by atoms with Crippen LogP contribution in [0.4, 0.5) is 0 Å². The van der Waals surface area contributed by atoms with Crippen molar-refractivity contribution < 1.29 is 19.4 Å². The van der Waals surface area contributed by atoms with Gasteiger partial charge in [0.1, 0.15) is 13.2 Å². The number of benzene rings is 1. The zero-order valence-electron chi connectivity index (χ0n) is 6.78. The molecular formula is C9H7O4-. The van der Waals surface area contributed by atoms with Gasteiger partial charge >= 0.3 is 0 Å². The van der Waals surface area contributed by atoms with Gasteiger partial charge in [-0.05, 0) is 12.1 Å². The number of ether oxygens (including phenoxy) is 2. The van der Waals surface area contributed by atoms with E-state index in [0.717, 1.165) is 0 Å². The molecule has 2 rings (SSSR count). The van der Waals surface area contributed by atoms with Gasteiger partial charge in [-0.1, -0.05) is 6.07 Å². The van der Waals surface area contributed by atoms with E-state index >= 15 is 0 Å². The van der Waals surface area contributed by atoms with Crippen LogP contribution in [0, 0.1) is 0 Å². The molecule has 0 saturated carbocycles. The SMILES string of the molecule is O=C([O-])c1cccc2c1OCCO2. The Morgan fingerprint density at radius 1 is 1.31 bits per heavy atom. The van der Waals surface area contributed by atoms with Gasteiger partial charge in [0.05, 0.1) is 5.97 Å². The average molecular weight is 179 g/mol. The third-order valence-electron chi connectivity index (χ3n) is 1.79. The van der Waals surface area contributed by atoms with Gasteiger partial charge in [0, 0.05) is 5.56 Å². The molecule has 4 nitrogen and oxygen atoms in total. The first-order valence-corrected chi connectivity index (χ1v) is 3.89. The number of fused-ring (bicyclic) bond motifs is 1. The minimum Gasteiger partial charge on any atom is -0.545 e. The molecule has 68 valence electrons. The highest BCUT2D eigenvalue weighted by molar-refractivity contribution is 5.90. The molecule has 1 aromatic carbocycles. The summed E-state index contributed by atoms with van der Waals surface area (Å²) >= 11 is 0. The van der Waals surface area contributed by atoms with Gasteiger partial charge in [-0.3, -0.25) is 0 Å². The lowest BCUT2D eigenvalue weighted by Crippen LogP contribution is -2.25. The third kappa shape index (κ3) is 1.30. The van der Waals surface area contributed by atoms with Crippen molar-refractivity contribution in [3.63, 3.8) is 0 Å². The molecule has 0 spiro atoms. The average Bonchev–Trinajstić information content (AvgIpc) is 2.17. The Balaban J connectivity index is 2.52. The maximum Gasteiger partial charge on any atom is 0.170 e. The van der Waals surface area contributed by atoms with E-state index in [4.69, 9.17) is 9.47 Å². The van der Waals surface area contributed by atoms with E-state index in [-0.39, 0.29) is 11.3 Å². The summed E-state index contributed by atoms with van der Waals surface area (Å²) in [6.07, 6.45) is 0. The van der Waals surface area contributed by atoms with Crippen LogP contribution in [0.1, 0.15) is 10.4 Å².